The van der Waals surface area contributed by atoms with Crippen molar-refractivity contribution in [1.29, 1.82) is 0 Å². The number of aliphatic hydroxyl groups excluding tert-OH is 1. The number of fused-ring (bicyclic) bond motifs is 1. The van der Waals surface area contributed by atoms with Gasteiger partial charge in [-0.25, -0.2) is 4.98 Å². The van der Waals surface area contributed by atoms with E-state index in [-0.39, 0.29) is 6.10 Å². The first kappa shape index (κ1) is 14.5. The Morgan fingerprint density at radius 3 is 3.00 bits per heavy atom. The molecule has 3 N–H and O–H groups in total. The number of hydrogen-bond donors (Lipinski definition) is 3. The van der Waals surface area contributed by atoms with Gasteiger partial charge in [-0.05, 0) is 38.2 Å². The summed E-state index contributed by atoms with van der Waals surface area (Å²) in [5, 5.41) is 17.4. The minimum atomic E-state index is -0.132. The van der Waals surface area contributed by atoms with Crippen molar-refractivity contribution in [2.45, 2.75) is 38.7 Å². The summed E-state index contributed by atoms with van der Waals surface area (Å²) in [5.41, 5.74) is 0. The summed E-state index contributed by atoms with van der Waals surface area (Å²) in [7, 11) is 1.84. The molecule has 0 saturated heterocycles. The maximum atomic E-state index is 9.77. The van der Waals surface area contributed by atoms with Crippen molar-refractivity contribution >= 4 is 33.3 Å². The van der Waals surface area contributed by atoms with Crippen molar-refractivity contribution in [2.75, 3.05) is 24.2 Å². The van der Waals surface area contributed by atoms with Crippen LogP contribution < -0.4 is 10.6 Å². The lowest BCUT2D eigenvalue weighted by Gasteiger charge is -2.26. The van der Waals surface area contributed by atoms with Crippen LogP contribution >= 0.6 is 11.3 Å². The fraction of sp³-hybridized carbons (Fsp3) is 0.600. The SMILES string of the molecule is CNc1nc(NCC2CCCC(O)C2)c2cc(C)sc2n1. The molecule has 1 saturated carbocycles. The molecule has 2 aromatic rings. The summed E-state index contributed by atoms with van der Waals surface area (Å²) in [6.07, 6.45) is 4.00. The Labute approximate surface area is 128 Å². The molecule has 5 nitrogen and oxygen atoms in total. The van der Waals surface area contributed by atoms with Gasteiger partial charge in [0.1, 0.15) is 10.6 Å². The molecule has 0 aliphatic heterocycles. The van der Waals surface area contributed by atoms with E-state index in [1.807, 2.05) is 7.05 Å². The van der Waals surface area contributed by atoms with Gasteiger partial charge in [0.25, 0.3) is 0 Å². The highest BCUT2D eigenvalue weighted by atomic mass is 32.1. The molecule has 3 rings (SSSR count). The number of aryl methyl sites for hydroxylation is 1. The molecule has 6 heteroatoms. The van der Waals surface area contributed by atoms with Crippen LogP contribution in [0.3, 0.4) is 0 Å². The summed E-state index contributed by atoms with van der Waals surface area (Å²) in [6, 6.07) is 2.14. The average molecular weight is 306 g/mol. The third kappa shape index (κ3) is 3.27. The second kappa shape index (κ2) is 6.15. The van der Waals surface area contributed by atoms with Gasteiger partial charge >= 0.3 is 0 Å². The lowest BCUT2D eigenvalue weighted by molar-refractivity contribution is 0.104. The minimum absolute atomic E-state index is 0.132. The van der Waals surface area contributed by atoms with E-state index in [4.69, 9.17) is 0 Å². The van der Waals surface area contributed by atoms with Gasteiger partial charge < -0.3 is 15.7 Å². The zero-order valence-corrected chi connectivity index (χ0v) is 13.3. The molecule has 0 amide bonds. The van der Waals surface area contributed by atoms with Gasteiger partial charge in [-0.3, -0.25) is 0 Å². The first-order chi connectivity index (χ1) is 10.2. The van der Waals surface area contributed by atoms with Gasteiger partial charge in [-0.2, -0.15) is 4.98 Å². The van der Waals surface area contributed by atoms with Crippen molar-refractivity contribution in [1.82, 2.24) is 9.97 Å². The van der Waals surface area contributed by atoms with Crippen molar-refractivity contribution in [3.63, 3.8) is 0 Å². The van der Waals surface area contributed by atoms with E-state index in [0.29, 0.717) is 11.9 Å². The molecule has 0 bridgehead atoms. The van der Waals surface area contributed by atoms with Gasteiger partial charge in [-0.15, -0.1) is 11.3 Å². The number of aliphatic hydroxyl groups is 1. The second-order valence-electron chi connectivity index (χ2n) is 5.79. The van der Waals surface area contributed by atoms with Crippen LogP contribution in [0.15, 0.2) is 6.07 Å². The van der Waals surface area contributed by atoms with Gasteiger partial charge in [0, 0.05) is 18.5 Å². The smallest absolute Gasteiger partial charge is 0.225 e. The van der Waals surface area contributed by atoms with E-state index < -0.39 is 0 Å². The summed E-state index contributed by atoms with van der Waals surface area (Å²) in [6.45, 7) is 2.95. The largest absolute Gasteiger partial charge is 0.393 e. The van der Waals surface area contributed by atoms with Gasteiger partial charge in [0.15, 0.2) is 0 Å². The number of aromatic nitrogens is 2. The predicted molar refractivity (Wildman–Crippen MR) is 88.2 cm³/mol. The van der Waals surface area contributed by atoms with Crippen molar-refractivity contribution in [3.8, 4) is 0 Å². The molecule has 21 heavy (non-hydrogen) atoms. The summed E-state index contributed by atoms with van der Waals surface area (Å²) >= 11 is 1.69. The molecule has 2 atom stereocenters. The van der Waals surface area contributed by atoms with Crippen molar-refractivity contribution in [3.05, 3.63) is 10.9 Å². The summed E-state index contributed by atoms with van der Waals surface area (Å²) in [5.74, 6) is 2.07. The molecule has 0 aromatic carbocycles. The number of hydrogen-bond acceptors (Lipinski definition) is 6. The zero-order valence-electron chi connectivity index (χ0n) is 12.5. The molecule has 0 spiro atoms. The molecular formula is C15H22N4OS. The molecule has 1 aliphatic rings. The maximum Gasteiger partial charge on any atom is 0.225 e. The molecule has 2 aromatic heterocycles. The Morgan fingerprint density at radius 2 is 2.24 bits per heavy atom. The minimum Gasteiger partial charge on any atom is -0.393 e. The van der Waals surface area contributed by atoms with Gasteiger partial charge in [0.05, 0.1) is 11.5 Å². The maximum absolute atomic E-state index is 9.77. The van der Waals surface area contributed by atoms with E-state index >= 15 is 0 Å². The Morgan fingerprint density at radius 1 is 1.38 bits per heavy atom. The van der Waals surface area contributed by atoms with Crippen LogP contribution in [0.25, 0.3) is 10.2 Å². The third-order valence-electron chi connectivity index (χ3n) is 4.05. The molecule has 2 unspecified atom stereocenters. The van der Waals surface area contributed by atoms with E-state index in [2.05, 4.69) is 33.6 Å². The lowest BCUT2D eigenvalue weighted by atomic mass is 9.87. The fourth-order valence-electron chi connectivity index (χ4n) is 2.98. The Balaban J connectivity index is 1.79. The number of thiophene rings is 1. The zero-order chi connectivity index (χ0) is 14.8. The second-order valence-corrected chi connectivity index (χ2v) is 7.02. The Bertz CT molecular complexity index is 627. The molecule has 0 radical (unpaired) electrons. The van der Waals surface area contributed by atoms with Crippen LogP contribution in [-0.4, -0.2) is 34.8 Å². The average Bonchev–Trinajstić information content (AvgIpc) is 2.85. The highest BCUT2D eigenvalue weighted by Crippen LogP contribution is 2.30. The number of anilines is 2. The van der Waals surface area contributed by atoms with Crippen LogP contribution in [-0.2, 0) is 0 Å². The highest BCUT2D eigenvalue weighted by Gasteiger charge is 2.20. The van der Waals surface area contributed by atoms with E-state index in [1.54, 1.807) is 11.3 Å². The molecule has 114 valence electrons. The van der Waals surface area contributed by atoms with Crippen LogP contribution in [0, 0.1) is 12.8 Å². The molecule has 1 aliphatic carbocycles. The van der Waals surface area contributed by atoms with Gasteiger partial charge in [-0.1, -0.05) is 6.42 Å². The van der Waals surface area contributed by atoms with Crippen LogP contribution in [0.4, 0.5) is 11.8 Å². The first-order valence-corrected chi connectivity index (χ1v) is 8.35. The van der Waals surface area contributed by atoms with Crippen molar-refractivity contribution in [2.24, 2.45) is 5.92 Å². The highest BCUT2D eigenvalue weighted by molar-refractivity contribution is 7.18. The van der Waals surface area contributed by atoms with Crippen LogP contribution in [0.2, 0.25) is 0 Å². The number of rotatable bonds is 4. The lowest BCUT2D eigenvalue weighted by Crippen LogP contribution is -2.25. The quantitative estimate of drug-likeness (QED) is 0.810. The summed E-state index contributed by atoms with van der Waals surface area (Å²) < 4.78 is 0. The molecular weight excluding hydrogens is 284 g/mol. The Kier molecular flexibility index (Phi) is 4.26. The van der Waals surface area contributed by atoms with E-state index in [9.17, 15) is 5.11 Å². The number of nitrogens with one attached hydrogen (secondary N) is 2. The fourth-order valence-corrected chi connectivity index (χ4v) is 3.86. The molecule has 1 fully saturated rings. The van der Waals surface area contributed by atoms with Crippen molar-refractivity contribution < 1.29 is 5.11 Å². The standard InChI is InChI=1S/C15H22N4OS/c1-9-6-12-13(18-15(16-2)19-14(12)21-9)17-8-10-4-3-5-11(20)7-10/h6,10-11,20H,3-5,7-8H2,1-2H3,(H2,16,17,18,19). The monoisotopic (exact) mass is 306 g/mol. The predicted octanol–water partition coefficient (Wildman–Crippen LogP) is 3.00. The van der Waals surface area contributed by atoms with E-state index in [0.717, 1.165) is 41.8 Å². The first-order valence-electron chi connectivity index (χ1n) is 7.53. The third-order valence-corrected chi connectivity index (χ3v) is 5.00. The van der Waals surface area contributed by atoms with Crippen LogP contribution in [0.5, 0.6) is 0 Å². The molecule has 2 heterocycles. The normalized spacial score (nSPS) is 22.4. The Hall–Kier alpha value is -1.40. The topological polar surface area (TPSA) is 70.1 Å². The van der Waals surface area contributed by atoms with Crippen LogP contribution in [0.1, 0.15) is 30.6 Å². The summed E-state index contributed by atoms with van der Waals surface area (Å²) in [4.78, 5) is 11.3. The number of nitrogens with zero attached hydrogens (tertiary/aromatic N) is 2. The van der Waals surface area contributed by atoms with Gasteiger partial charge in [0.2, 0.25) is 5.95 Å². The van der Waals surface area contributed by atoms with E-state index in [1.165, 1.54) is 11.3 Å².